The minimum absolute atomic E-state index is 0.193. The van der Waals surface area contributed by atoms with Gasteiger partial charge in [-0.15, -0.1) is 0 Å². The van der Waals surface area contributed by atoms with Crippen LogP contribution >= 0.6 is 0 Å². The van der Waals surface area contributed by atoms with E-state index in [9.17, 15) is 4.79 Å². The van der Waals surface area contributed by atoms with Crippen LogP contribution in [0.4, 0.5) is 0 Å². The van der Waals surface area contributed by atoms with Crippen LogP contribution in [-0.2, 0) is 6.54 Å². The van der Waals surface area contributed by atoms with Gasteiger partial charge in [-0.2, -0.15) is 10.1 Å². The van der Waals surface area contributed by atoms with Crippen molar-refractivity contribution in [2.75, 3.05) is 0 Å². The van der Waals surface area contributed by atoms with E-state index < -0.39 is 0 Å². The fourth-order valence-corrected chi connectivity index (χ4v) is 2.48. The second kappa shape index (κ2) is 6.72. The lowest BCUT2D eigenvalue weighted by molar-refractivity contribution is 0.429. The first kappa shape index (κ1) is 15.9. The van der Waals surface area contributed by atoms with Gasteiger partial charge in [-0.25, -0.2) is 4.68 Å². The van der Waals surface area contributed by atoms with Gasteiger partial charge in [-0.05, 0) is 30.7 Å². The van der Waals surface area contributed by atoms with Gasteiger partial charge >= 0.3 is 0 Å². The van der Waals surface area contributed by atoms with Crippen LogP contribution in [0.1, 0.15) is 11.1 Å². The molecule has 128 valence electrons. The molecule has 0 saturated heterocycles. The average Bonchev–Trinajstić information content (AvgIpc) is 3.16. The number of pyridine rings is 1. The van der Waals surface area contributed by atoms with Gasteiger partial charge in [0, 0.05) is 24.0 Å². The summed E-state index contributed by atoms with van der Waals surface area (Å²) >= 11 is 0. The first-order valence-electron chi connectivity index (χ1n) is 8.07. The maximum absolute atomic E-state index is 12.1. The Balaban J connectivity index is 1.65. The van der Waals surface area contributed by atoms with Gasteiger partial charge < -0.3 is 4.52 Å². The number of nitrogens with zero attached hydrogens (tertiary/aromatic N) is 5. The smallest absolute Gasteiger partial charge is 0.278 e. The predicted molar refractivity (Wildman–Crippen MR) is 95.3 cm³/mol. The summed E-state index contributed by atoms with van der Waals surface area (Å²) in [4.78, 5) is 20.5. The Morgan fingerprint density at radius 3 is 2.69 bits per heavy atom. The molecule has 0 atom stereocenters. The molecule has 0 aliphatic heterocycles. The maximum Gasteiger partial charge on any atom is 0.278 e. The van der Waals surface area contributed by atoms with Crippen LogP contribution in [0.2, 0.25) is 0 Å². The molecular formula is C19H15N5O2. The Hall–Kier alpha value is -3.61. The van der Waals surface area contributed by atoms with Crippen molar-refractivity contribution in [2.45, 2.75) is 13.5 Å². The molecule has 0 saturated carbocycles. The number of hydrogen-bond acceptors (Lipinski definition) is 6. The third-order valence-electron chi connectivity index (χ3n) is 3.88. The highest BCUT2D eigenvalue weighted by Crippen LogP contribution is 2.19. The molecule has 0 fully saturated rings. The van der Waals surface area contributed by atoms with Gasteiger partial charge in [-0.1, -0.05) is 35.0 Å². The van der Waals surface area contributed by atoms with Crippen LogP contribution in [0.25, 0.3) is 23.0 Å². The summed E-state index contributed by atoms with van der Waals surface area (Å²) in [6.07, 6.45) is 3.33. The molecule has 0 spiro atoms. The Morgan fingerprint density at radius 1 is 1.08 bits per heavy atom. The van der Waals surface area contributed by atoms with Crippen molar-refractivity contribution in [2.24, 2.45) is 0 Å². The van der Waals surface area contributed by atoms with E-state index >= 15 is 0 Å². The highest BCUT2D eigenvalue weighted by Gasteiger charge is 2.13. The first-order chi connectivity index (χ1) is 12.7. The van der Waals surface area contributed by atoms with Crippen LogP contribution in [0, 0.1) is 6.92 Å². The summed E-state index contributed by atoms with van der Waals surface area (Å²) in [5.74, 6) is 0.674. The number of aryl methyl sites for hydroxylation is 1. The maximum atomic E-state index is 12.1. The zero-order valence-electron chi connectivity index (χ0n) is 14.0. The van der Waals surface area contributed by atoms with E-state index in [0.29, 0.717) is 18.1 Å². The second-order valence-electron chi connectivity index (χ2n) is 5.86. The predicted octanol–water partition coefficient (Wildman–Crippen LogP) is 2.71. The number of aromatic nitrogens is 5. The molecule has 0 bridgehead atoms. The second-order valence-corrected chi connectivity index (χ2v) is 5.86. The minimum Gasteiger partial charge on any atom is -0.332 e. The van der Waals surface area contributed by atoms with Crippen LogP contribution in [-0.4, -0.2) is 24.9 Å². The third kappa shape index (κ3) is 3.27. The topological polar surface area (TPSA) is 86.7 Å². The summed E-state index contributed by atoms with van der Waals surface area (Å²) in [7, 11) is 0. The summed E-state index contributed by atoms with van der Waals surface area (Å²) in [6, 6.07) is 14.6. The molecule has 7 heteroatoms. The summed E-state index contributed by atoms with van der Waals surface area (Å²) in [5, 5.41) is 8.31. The molecule has 3 heterocycles. The van der Waals surface area contributed by atoms with Crippen molar-refractivity contribution in [1.82, 2.24) is 24.9 Å². The monoisotopic (exact) mass is 345 g/mol. The van der Waals surface area contributed by atoms with Gasteiger partial charge in [0.2, 0.25) is 5.82 Å². The molecule has 4 rings (SSSR count). The Bertz CT molecular complexity index is 1080. The lowest BCUT2D eigenvalue weighted by Crippen LogP contribution is -2.22. The number of rotatable bonds is 4. The SMILES string of the molecule is Cc1ccc(Cn2nc(-c3nc(-c4cccnc4)no3)ccc2=O)cc1. The van der Waals surface area contributed by atoms with Crippen LogP contribution in [0.5, 0.6) is 0 Å². The third-order valence-corrected chi connectivity index (χ3v) is 3.88. The number of benzene rings is 1. The molecule has 26 heavy (non-hydrogen) atoms. The van der Waals surface area contributed by atoms with Gasteiger partial charge in [0.25, 0.3) is 11.4 Å². The quantitative estimate of drug-likeness (QED) is 0.565. The highest BCUT2D eigenvalue weighted by molar-refractivity contribution is 5.56. The normalized spacial score (nSPS) is 10.8. The lowest BCUT2D eigenvalue weighted by atomic mass is 10.1. The highest BCUT2D eigenvalue weighted by atomic mass is 16.5. The molecule has 7 nitrogen and oxygen atoms in total. The Morgan fingerprint density at radius 2 is 1.92 bits per heavy atom. The van der Waals surface area contributed by atoms with Crippen molar-refractivity contribution in [1.29, 1.82) is 0 Å². The van der Waals surface area contributed by atoms with Crippen molar-refractivity contribution >= 4 is 0 Å². The van der Waals surface area contributed by atoms with E-state index in [1.54, 1.807) is 24.5 Å². The van der Waals surface area contributed by atoms with Gasteiger partial charge in [0.15, 0.2) is 0 Å². The molecular weight excluding hydrogens is 330 g/mol. The fourth-order valence-electron chi connectivity index (χ4n) is 2.48. The Labute approximate surface area is 149 Å². The van der Waals surface area contributed by atoms with Gasteiger partial charge in [0.1, 0.15) is 5.69 Å². The number of hydrogen-bond donors (Lipinski definition) is 0. The van der Waals surface area contributed by atoms with E-state index in [4.69, 9.17) is 4.52 Å². The van der Waals surface area contributed by atoms with E-state index in [-0.39, 0.29) is 11.4 Å². The largest absolute Gasteiger partial charge is 0.332 e. The van der Waals surface area contributed by atoms with Crippen molar-refractivity contribution in [3.8, 4) is 23.0 Å². The summed E-state index contributed by atoms with van der Waals surface area (Å²) < 4.78 is 6.68. The molecule has 0 N–H and O–H groups in total. The Kier molecular flexibility index (Phi) is 4.10. The summed E-state index contributed by atoms with van der Waals surface area (Å²) in [5.41, 5.74) is 3.15. The lowest BCUT2D eigenvalue weighted by Gasteiger charge is -2.05. The molecule has 0 aliphatic carbocycles. The van der Waals surface area contributed by atoms with Crippen LogP contribution < -0.4 is 5.56 Å². The van der Waals surface area contributed by atoms with Crippen molar-refractivity contribution in [3.63, 3.8) is 0 Å². The average molecular weight is 345 g/mol. The van der Waals surface area contributed by atoms with E-state index in [2.05, 4.69) is 20.2 Å². The zero-order valence-corrected chi connectivity index (χ0v) is 14.0. The molecule has 0 amide bonds. The van der Waals surface area contributed by atoms with Gasteiger partial charge in [-0.3, -0.25) is 9.78 Å². The zero-order chi connectivity index (χ0) is 17.9. The van der Waals surface area contributed by atoms with Crippen molar-refractivity contribution < 1.29 is 4.52 Å². The molecule has 0 radical (unpaired) electrons. The molecule has 3 aromatic heterocycles. The molecule has 0 unspecified atom stereocenters. The van der Waals surface area contributed by atoms with Gasteiger partial charge in [0.05, 0.1) is 6.54 Å². The summed E-state index contributed by atoms with van der Waals surface area (Å²) in [6.45, 7) is 2.39. The first-order valence-corrected chi connectivity index (χ1v) is 8.07. The van der Waals surface area contributed by atoms with E-state index in [0.717, 1.165) is 16.7 Å². The van der Waals surface area contributed by atoms with Crippen molar-refractivity contribution in [3.05, 3.63) is 82.4 Å². The fraction of sp³-hybridized carbons (Fsp3) is 0.105. The molecule has 4 aromatic rings. The molecule has 0 aliphatic rings. The standard InChI is InChI=1S/C19H15N5O2/c1-13-4-6-14(7-5-13)12-24-17(25)9-8-16(22-24)19-21-18(23-26-19)15-3-2-10-20-11-15/h2-11H,12H2,1H3. The van der Waals surface area contributed by atoms with E-state index in [1.807, 2.05) is 37.3 Å². The van der Waals surface area contributed by atoms with Crippen LogP contribution in [0.3, 0.4) is 0 Å². The van der Waals surface area contributed by atoms with E-state index in [1.165, 1.54) is 10.7 Å². The minimum atomic E-state index is -0.193. The van der Waals surface area contributed by atoms with Crippen LogP contribution in [0.15, 0.2) is 70.2 Å². The molecule has 1 aromatic carbocycles.